The summed E-state index contributed by atoms with van der Waals surface area (Å²) >= 11 is 0. The van der Waals surface area contributed by atoms with Crippen molar-refractivity contribution < 1.29 is 88.5 Å². The number of aromatic nitrogens is 2. The molecule has 1 aliphatic carbocycles. The molecule has 12 heteroatoms. The largest absolute Gasteiger partial charge is 1.00 e. The van der Waals surface area contributed by atoms with Crippen LogP contribution in [0.4, 0.5) is 0 Å². The number of rotatable bonds is 9. The van der Waals surface area contributed by atoms with Gasteiger partial charge in [-0.1, -0.05) is 19.6 Å². The first kappa shape index (κ1) is 36.7. The third-order valence-corrected chi connectivity index (χ3v) is 8.97. The second-order valence-corrected chi connectivity index (χ2v) is 11.4. The molecule has 0 saturated carbocycles. The molecule has 2 aromatic rings. The van der Waals surface area contributed by atoms with Crippen LogP contribution < -0.4 is 85.3 Å². The van der Waals surface area contributed by atoms with E-state index in [1.54, 1.807) is 19.9 Å². The standard InChI is InChI=1S/C33H36N4O6.2Na/c1-7-18-14(3)22(12-25-19(8-2)16(5)32(41)36-25)34-24(18)13-23-17(6)28-26(38)11-21(31(28)35-23)30-20(9-10-27(39)40)15(4)29(37-30)33(42)43;;/h8,12-13,21,25,29,34-35H,2,7,9-11H2,1,3-6H3,(H,36,41)(H,39,40)(H,42,43);;/q;2*+1/p-2/b22-12+,24-13+;;. The summed E-state index contributed by atoms with van der Waals surface area (Å²) in [7, 11) is 0. The molecule has 0 radical (unpaired) electrons. The Labute approximate surface area is 305 Å². The monoisotopic (exact) mass is 628 g/mol. The van der Waals surface area contributed by atoms with E-state index in [1.165, 1.54) is 0 Å². The molecular formula is C33H34N4Na2O6. The van der Waals surface area contributed by atoms with Gasteiger partial charge in [-0.2, -0.15) is 0 Å². The second-order valence-electron chi connectivity index (χ2n) is 11.4. The van der Waals surface area contributed by atoms with Gasteiger partial charge in [0.1, 0.15) is 6.04 Å². The first-order valence-electron chi connectivity index (χ1n) is 14.4. The Balaban J connectivity index is 0.00000276. The van der Waals surface area contributed by atoms with Gasteiger partial charge in [0, 0.05) is 57.2 Å². The number of aliphatic carboxylic acids is 2. The zero-order chi connectivity index (χ0) is 31.3. The van der Waals surface area contributed by atoms with Crippen molar-refractivity contribution in [3.63, 3.8) is 0 Å². The Hall–Kier alpha value is -2.73. The van der Waals surface area contributed by atoms with Crippen molar-refractivity contribution in [1.29, 1.82) is 0 Å². The number of aliphatic imine (C=N–C) groups is 1. The van der Waals surface area contributed by atoms with E-state index in [1.807, 2.05) is 26.0 Å². The second kappa shape index (κ2) is 14.4. The van der Waals surface area contributed by atoms with Crippen LogP contribution in [-0.2, 0) is 20.8 Å². The van der Waals surface area contributed by atoms with Gasteiger partial charge >= 0.3 is 59.1 Å². The number of allylic oxidation sites excluding steroid dienone is 1. The smallest absolute Gasteiger partial charge is 0.550 e. The van der Waals surface area contributed by atoms with Gasteiger partial charge in [0.25, 0.3) is 0 Å². The van der Waals surface area contributed by atoms with Gasteiger partial charge in [-0.05, 0) is 92.5 Å². The fourth-order valence-electron chi connectivity index (χ4n) is 6.63. The van der Waals surface area contributed by atoms with Gasteiger partial charge in [0.15, 0.2) is 5.78 Å². The van der Waals surface area contributed by atoms with Gasteiger partial charge in [-0.15, -0.1) is 0 Å². The van der Waals surface area contributed by atoms with E-state index in [2.05, 4.69) is 33.8 Å². The Bertz CT molecular complexity index is 1840. The molecule has 2 aromatic heterocycles. The molecule has 5 rings (SSSR count). The van der Waals surface area contributed by atoms with E-state index in [0.717, 1.165) is 45.1 Å². The van der Waals surface area contributed by atoms with Crippen LogP contribution in [0.15, 0.2) is 39.9 Å². The number of H-pyrrole nitrogens is 2. The zero-order valence-electron chi connectivity index (χ0n) is 26.9. The first-order chi connectivity index (χ1) is 20.4. The number of hydrogen-bond acceptors (Lipinski definition) is 7. The van der Waals surface area contributed by atoms with Crippen LogP contribution in [0.25, 0.3) is 12.2 Å². The zero-order valence-corrected chi connectivity index (χ0v) is 30.9. The van der Waals surface area contributed by atoms with Crippen molar-refractivity contribution in [2.75, 3.05) is 0 Å². The average molecular weight is 629 g/mol. The fraction of sp³-hybridized carbons (Fsp3) is 0.364. The van der Waals surface area contributed by atoms with E-state index >= 15 is 0 Å². The van der Waals surface area contributed by atoms with Gasteiger partial charge in [0.2, 0.25) is 5.91 Å². The van der Waals surface area contributed by atoms with Gasteiger partial charge in [0.05, 0.1) is 12.0 Å². The summed E-state index contributed by atoms with van der Waals surface area (Å²) in [5.74, 6) is -3.36. The van der Waals surface area contributed by atoms with Crippen LogP contribution >= 0.6 is 0 Å². The summed E-state index contributed by atoms with van der Waals surface area (Å²) in [5.41, 5.74) is 7.67. The molecule has 0 bridgehead atoms. The van der Waals surface area contributed by atoms with Crippen molar-refractivity contribution in [3.8, 4) is 0 Å². The molecule has 1 amide bonds. The molecule has 3 unspecified atom stereocenters. The summed E-state index contributed by atoms with van der Waals surface area (Å²) in [6.07, 6.45) is 6.26. The molecule has 0 spiro atoms. The maximum Gasteiger partial charge on any atom is 1.00 e. The molecule has 0 aromatic carbocycles. The van der Waals surface area contributed by atoms with Gasteiger partial charge < -0.3 is 35.1 Å². The normalized spacial score (nSPS) is 21.5. The quantitative estimate of drug-likeness (QED) is 0.234. The van der Waals surface area contributed by atoms with Crippen LogP contribution in [-0.4, -0.2) is 51.4 Å². The molecular weight excluding hydrogens is 594 g/mol. The van der Waals surface area contributed by atoms with Crippen LogP contribution in [0.2, 0.25) is 0 Å². The Kier molecular flexibility index (Phi) is 11.7. The molecule has 45 heavy (non-hydrogen) atoms. The van der Waals surface area contributed by atoms with Crippen molar-refractivity contribution in [1.82, 2.24) is 15.3 Å². The number of hydrogen-bond donors (Lipinski definition) is 3. The molecule has 3 aliphatic rings. The molecule has 4 heterocycles. The Morgan fingerprint density at radius 2 is 1.73 bits per heavy atom. The number of amides is 1. The third-order valence-electron chi connectivity index (χ3n) is 8.97. The summed E-state index contributed by atoms with van der Waals surface area (Å²) in [5, 5.41) is 27.7. The van der Waals surface area contributed by atoms with Crippen molar-refractivity contribution in [2.45, 2.75) is 78.3 Å². The molecule has 3 N–H and O–H groups in total. The molecule has 0 saturated heterocycles. The van der Waals surface area contributed by atoms with E-state index in [4.69, 9.17) is 0 Å². The van der Waals surface area contributed by atoms with E-state index in [9.17, 15) is 29.4 Å². The number of nitrogens with one attached hydrogen (secondary N) is 3. The summed E-state index contributed by atoms with van der Waals surface area (Å²) in [6, 6.07) is -1.52. The van der Waals surface area contributed by atoms with Crippen molar-refractivity contribution >= 4 is 41.5 Å². The topological polar surface area (TPSA) is 170 Å². The van der Waals surface area contributed by atoms with Crippen molar-refractivity contribution in [3.05, 3.63) is 79.3 Å². The number of carboxylic acid groups (broad SMARTS) is 2. The number of fused-ring (bicyclic) bond motifs is 1. The summed E-state index contributed by atoms with van der Waals surface area (Å²) in [4.78, 5) is 59.9. The maximum absolute atomic E-state index is 13.3. The molecule has 0 fully saturated rings. The maximum atomic E-state index is 13.3. The first-order valence-corrected chi connectivity index (χ1v) is 14.4. The number of carbonyl (C=O) groups is 4. The number of nitrogens with zero attached hydrogens (tertiary/aromatic N) is 1. The van der Waals surface area contributed by atoms with Crippen molar-refractivity contribution in [2.24, 2.45) is 4.99 Å². The SMILES string of the molecule is C=CC1=C(C)C(=O)NC1/C=c1/[nH]/c(=C/c2[nH]c3c(c2C)C(=O)CC3C2=NC(C(=O)[O-])C(C)=C2CCC(=O)[O-])c(CC)c1C.[Na+].[Na+]. The van der Waals surface area contributed by atoms with Crippen LogP contribution in [0.1, 0.15) is 84.4 Å². The van der Waals surface area contributed by atoms with Crippen LogP contribution in [0.3, 0.4) is 0 Å². The number of carboxylic acids is 2. The third kappa shape index (κ3) is 6.59. The molecule has 10 nitrogen and oxygen atoms in total. The van der Waals surface area contributed by atoms with Crippen LogP contribution in [0.5, 0.6) is 0 Å². The predicted molar refractivity (Wildman–Crippen MR) is 157 cm³/mol. The average Bonchev–Trinajstić information content (AvgIpc) is 3.69. The number of carbonyl (C=O) groups excluding carboxylic acids is 4. The molecule has 3 atom stereocenters. The Morgan fingerprint density at radius 1 is 1.04 bits per heavy atom. The summed E-state index contributed by atoms with van der Waals surface area (Å²) in [6.45, 7) is 13.2. The van der Waals surface area contributed by atoms with Gasteiger partial charge in [-0.25, -0.2) is 0 Å². The minimum absolute atomic E-state index is 0. The summed E-state index contributed by atoms with van der Waals surface area (Å²) < 4.78 is 0. The number of Topliss-reactive ketones (excluding diaryl/α,β-unsaturated/α-hetero) is 1. The van der Waals surface area contributed by atoms with E-state index in [0.29, 0.717) is 33.7 Å². The predicted octanol–water partition coefficient (Wildman–Crippen LogP) is -5.77. The van der Waals surface area contributed by atoms with Gasteiger partial charge in [-0.3, -0.25) is 14.6 Å². The van der Waals surface area contributed by atoms with E-state index < -0.39 is 23.9 Å². The minimum atomic E-state index is -1.37. The van der Waals surface area contributed by atoms with E-state index in [-0.39, 0.29) is 96.1 Å². The molecule has 224 valence electrons. The molecule has 2 aliphatic heterocycles. The Morgan fingerprint density at radius 3 is 2.33 bits per heavy atom. The minimum Gasteiger partial charge on any atom is -0.550 e. The number of aromatic amines is 2. The fourth-order valence-corrected chi connectivity index (χ4v) is 6.63. The van der Waals surface area contributed by atoms with Crippen LogP contribution in [0, 0.1) is 13.8 Å². The number of ketones is 1.